The SMILES string of the molecule is COCCNCC(=O)Nc1cc(OC)c(NC(=O)c2ccccc2)cc1OC. The standard InChI is InChI=1S/C20H25N3O5/c1-26-10-9-21-13-19(24)22-15-11-18(28-3)16(12-17(15)27-2)23-20(25)14-7-5-4-6-8-14/h4-8,11-12,21H,9-10,13H2,1-3H3,(H,22,24)(H,23,25). The van der Waals surface area contributed by atoms with Crippen LogP contribution >= 0.6 is 0 Å². The summed E-state index contributed by atoms with van der Waals surface area (Å²) in [7, 11) is 4.56. The quantitative estimate of drug-likeness (QED) is 0.541. The Hall–Kier alpha value is -3.10. The van der Waals surface area contributed by atoms with Crippen molar-refractivity contribution < 1.29 is 23.8 Å². The number of hydrogen-bond acceptors (Lipinski definition) is 6. The summed E-state index contributed by atoms with van der Waals surface area (Å²) in [5, 5.41) is 8.53. The number of ether oxygens (including phenoxy) is 3. The lowest BCUT2D eigenvalue weighted by Gasteiger charge is -2.16. The highest BCUT2D eigenvalue weighted by molar-refractivity contribution is 6.05. The van der Waals surface area contributed by atoms with Crippen LogP contribution in [0.2, 0.25) is 0 Å². The van der Waals surface area contributed by atoms with Gasteiger partial charge in [-0.2, -0.15) is 0 Å². The first-order valence-electron chi connectivity index (χ1n) is 8.71. The van der Waals surface area contributed by atoms with Crippen LogP contribution < -0.4 is 25.4 Å². The van der Waals surface area contributed by atoms with Crippen molar-refractivity contribution in [3.05, 3.63) is 48.0 Å². The normalized spacial score (nSPS) is 10.2. The fourth-order valence-corrected chi connectivity index (χ4v) is 2.45. The molecule has 2 rings (SSSR count). The van der Waals surface area contributed by atoms with E-state index in [2.05, 4.69) is 16.0 Å². The second-order valence-corrected chi connectivity index (χ2v) is 5.79. The Bertz CT molecular complexity index is 796. The summed E-state index contributed by atoms with van der Waals surface area (Å²) >= 11 is 0. The molecule has 8 nitrogen and oxygen atoms in total. The van der Waals surface area contributed by atoms with Gasteiger partial charge in [0.25, 0.3) is 5.91 Å². The van der Waals surface area contributed by atoms with E-state index in [0.717, 1.165) is 0 Å². The van der Waals surface area contributed by atoms with Gasteiger partial charge in [-0.1, -0.05) is 18.2 Å². The number of carbonyl (C=O) groups is 2. The van der Waals surface area contributed by atoms with E-state index < -0.39 is 0 Å². The number of methoxy groups -OCH3 is 3. The van der Waals surface area contributed by atoms with Gasteiger partial charge in [-0.3, -0.25) is 9.59 Å². The molecule has 0 fully saturated rings. The summed E-state index contributed by atoms with van der Waals surface area (Å²) in [4.78, 5) is 24.5. The second kappa shape index (κ2) is 10.9. The molecule has 150 valence electrons. The van der Waals surface area contributed by atoms with Gasteiger partial charge < -0.3 is 30.2 Å². The van der Waals surface area contributed by atoms with Gasteiger partial charge >= 0.3 is 0 Å². The molecule has 0 bridgehead atoms. The summed E-state index contributed by atoms with van der Waals surface area (Å²) in [6, 6.07) is 12.0. The molecule has 0 aromatic heterocycles. The molecule has 0 saturated carbocycles. The molecule has 0 aliphatic heterocycles. The van der Waals surface area contributed by atoms with Gasteiger partial charge in [0.15, 0.2) is 0 Å². The van der Waals surface area contributed by atoms with Gasteiger partial charge in [0.05, 0.1) is 38.7 Å². The van der Waals surface area contributed by atoms with Gasteiger partial charge in [-0.15, -0.1) is 0 Å². The fraction of sp³-hybridized carbons (Fsp3) is 0.300. The van der Waals surface area contributed by atoms with E-state index >= 15 is 0 Å². The molecule has 0 saturated heterocycles. The number of anilines is 2. The maximum atomic E-state index is 12.4. The monoisotopic (exact) mass is 387 g/mol. The smallest absolute Gasteiger partial charge is 0.255 e. The van der Waals surface area contributed by atoms with Crippen molar-refractivity contribution in [3.63, 3.8) is 0 Å². The minimum atomic E-state index is -0.278. The number of carbonyl (C=O) groups excluding carboxylic acids is 2. The molecule has 2 aromatic rings. The number of rotatable bonds is 10. The zero-order valence-electron chi connectivity index (χ0n) is 16.2. The third-order valence-corrected chi connectivity index (χ3v) is 3.85. The molecule has 0 spiro atoms. The average molecular weight is 387 g/mol. The van der Waals surface area contributed by atoms with Crippen LogP contribution in [0.25, 0.3) is 0 Å². The lowest BCUT2D eigenvalue weighted by atomic mass is 10.2. The molecule has 8 heteroatoms. The maximum Gasteiger partial charge on any atom is 0.255 e. The largest absolute Gasteiger partial charge is 0.494 e. The van der Waals surface area contributed by atoms with Crippen LogP contribution in [0.1, 0.15) is 10.4 Å². The predicted octanol–water partition coefficient (Wildman–Crippen LogP) is 2.13. The molecular weight excluding hydrogens is 362 g/mol. The summed E-state index contributed by atoms with van der Waals surface area (Å²) < 4.78 is 15.6. The zero-order chi connectivity index (χ0) is 20.4. The molecule has 0 heterocycles. The Kier molecular flexibility index (Phi) is 8.26. The fourth-order valence-electron chi connectivity index (χ4n) is 2.45. The highest BCUT2D eigenvalue weighted by Gasteiger charge is 2.16. The van der Waals surface area contributed by atoms with Gasteiger partial charge in [0.1, 0.15) is 11.5 Å². The molecule has 3 N–H and O–H groups in total. The van der Waals surface area contributed by atoms with Gasteiger partial charge in [-0.25, -0.2) is 0 Å². The molecule has 0 unspecified atom stereocenters. The Morgan fingerprint density at radius 3 is 2.07 bits per heavy atom. The number of benzene rings is 2. The lowest BCUT2D eigenvalue weighted by molar-refractivity contribution is -0.115. The minimum Gasteiger partial charge on any atom is -0.494 e. The van der Waals surface area contributed by atoms with E-state index in [1.165, 1.54) is 14.2 Å². The van der Waals surface area contributed by atoms with Crippen LogP contribution in [0.15, 0.2) is 42.5 Å². The summed E-state index contributed by atoms with van der Waals surface area (Å²) in [5.74, 6) is 0.278. The van der Waals surface area contributed by atoms with Crippen LogP contribution in [0.4, 0.5) is 11.4 Å². The summed E-state index contributed by atoms with van der Waals surface area (Å²) in [6.07, 6.45) is 0. The Morgan fingerprint density at radius 2 is 1.50 bits per heavy atom. The predicted molar refractivity (Wildman–Crippen MR) is 107 cm³/mol. The van der Waals surface area contributed by atoms with Crippen molar-refractivity contribution in [3.8, 4) is 11.5 Å². The first-order chi connectivity index (χ1) is 13.6. The van der Waals surface area contributed by atoms with Crippen molar-refractivity contribution >= 4 is 23.2 Å². The van der Waals surface area contributed by atoms with E-state index in [0.29, 0.717) is 41.6 Å². The first kappa shape index (κ1) is 21.2. The van der Waals surface area contributed by atoms with Crippen molar-refractivity contribution in [2.45, 2.75) is 0 Å². The van der Waals surface area contributed by atoms with Crippen LogP contribution in [-0.2, 0) is 9.53 Å². The minimum absolute atomic E-state index is 0.126. The molecule has 0 aliphatic rings. The van der Waals surface area contributed by atoms with Crippen LogP contribution in [0, 0.1) is 0 Å². The Morgan fingerprint density at radius 1 is 0.893 bits per heavy atom. The summed E-state index contributed by atoms with van der Waals surface area (Å²) in [6.45, 7) is 1.20. The Labute approximate surface area is 164 Å². The van der Waals surface area contributed by atoms with Crippen molar-refractivity contribution in [1.82, 2.24) is 5.32 Å². The highest BCUT2D eigenvalue weighted by atomic mass is 16.5. The number of nitrogens with one attached hydrogen (secondary N) is 3. The van der Waals surface area contributed by atoms with Crippen molar-refractivity contribution in [1.29, 1.82) is 0 Å². The van der Waals surface area contributed by atoms with E-state index in [9.17, 15) is 9.59 Å². The molecule has 28 heavy (non-hydrogen) atoms. The molecule has 0 radical (unpaired) electrons. The van der Waals surface area contributed by atoms with Crippen LogP contribution in [-0.4, -0.2) is 52.8 Å². The third kappa shape index (κ3) is 5.97. The van der Waals surface area contributed by atoms with E-state index in [-0.39, 0.29) is 18.4 Å². The molecule has 0 atom stereocenters. The number of hydrogen-bond donors (Lipinski definition) is 3. The molecular formula is C20H25N3O5. The Balaban J connectivity index is 2.14. The van der Waals surface area contributed by atoms with Gasteiger partial charge in [-0.05, 0) is 12.1 Å². The van der Waals surface area contributed by atoms with Gasteiger partial charge in [0, 0.05) is 31.4 Å². The molecule has 2 aromatic carbocycles. The van der Waals surface area contributed by atoms with Crippen LogP contribution in [0.5, 0.6) is 11.5 Å². The van der Waals surface area contributed by atoms with Crippen molar-refractivity contribution in [2.24, 2.45) is 0 Å². The van der Waals surface area contributed by atoms with E-state index in [4.69, 9.17) is 14.2 Å². The molecule has 0 aliphatic carbocycles. The van der Waals surface area contributed by atoms with Crippen molar-refractivity contribution in [2.75, 3.05) is 51.7 Å². The second-order valence-electron chi connectivity index (χ2n) is 5.79. The highest BCUT2D eigenvalue weighted by Crippen LogP contribution is 2.36. The maximum absolute atomic E-state index is 12.4. The average Bonchev–Trinajstić information content (AvgIpc) is 2.72. The molecule has 2 amide bonds. The number of amides is 2. The third-order valence-electron chi connectivity index (χ3n) is 3.85. The first-order valence-corrected chi connectivity index (χ1v) is 8.71. The lowest BCUT2D eigenvalue weighted by Crippen LogP contribution is -2.30. The summed E-state index contributed by atoms with van der Waals surface area (Å²) in [5.41, 5.74) is 1.39. The zero-order valence-corrected chi connectivity index (χ0v) is 16.2. The topological polar surface area (TPSA) is 97.9 Å². The van der Waals surface area contributed by atoms with E-state index in [1.54, 1.807) is 43.5 Å². The van der Waals surface area contributed by atoms with Gasteiger partial charge in [0.2, 0.25) is 5.91 Å². The van der Waals surface area contributed by atoms with E-state index in [1.807, 2.05) is 6.07 Å². The van der Waals surface area contributed by atoms with Crippen LogP contribution in [0.3, 0.4) is 0 Å².